The van der Waals surface area contributed by atoms with Gasteiger partial charge in [0, 0.05) is 7.05 Å². The number of aryl methyl sites for hydroxylation is 3. The Kier molecular flexibility index (Phi) is 7.88. The lowest BCUT2D eigenvalue weighted by Crippen LogP contribution is -2.40. The standard InChI is InChI=1S/C27H34N2O2S/c1-20-18-21(2)25(22(3)19-20)16-17-32(30,31)29(5)27(24-14-10-7-11-15-24)26(28-4)23-12-8-6-9-13-23/h6-15,18-19,26-28H,16-17H2,1-5H3. The summed E-state index contributed by atoms with van der Waals surface area (Å²) in [5.41, 5.74) is 6.64. The highest BCUT2D eigenvalue weighted by molar-refractivity contribution is 7.89. The second-order valence-electron chi connectivity index (χ2n) is 8.49. The molecule has 2 atom stereocenters. The number of benzene rings is 3. The Hall–Kier alpha value is -2.47. The van der Waals surface area contributed by atoms with Crippen molar-refractivity contribution in [3.63, 3.8) is 0 Å². The van der Waals surface area contributed by atoms with Crippen LogP contribution in [-0.4, -0.2) is 32.6 Å². The molecule has 3 rings (SSSR count). The monoisotopic (exact) mass is 450 g/mol. The fourth-order valence-electron chi connectivity index (χ4n) is 4.58. The molecule has 3 aromatic carbocycles. The third-order valence-electron chi connectivity index (χ3n) is 6.21. The van der Waals surface area contributed by atoms with E-state index in [-0.39, 0.29) is 17.8 Å². The van der Waals surface area contributed by atoms with Gasteiger partial charge < -0.3 is 5.32 Å². The molecule has 0 spiro atoms. The molecule has 0 amide bonds. The Morgan fingerprint density at radius 3 is 1.84 bits per heavy atom. The second kappa shape index (κ2) is 10.4. The van der Waals surface area contributed by atoms with Crippen LogP contribution in [0, 0.1) is 20.8 Å². The maximum Gasteiger partial charge on any atom is 0.214 e. The minimum absolute atomic E-state index is 0.0722. The number of likely N-dealkylation sites (N-methyl/N-ethyl adjacent to an activating group) is 2. The summed E-state index contributed by atoms with van der Waals surface area (Å²) in [7, 11) is 0.0663. The van der Waals surface area contributed by atoms with Crippen molar-refractivity contribution in [1.82, 2.24) is 9.62 Å². The first-order valence-electron chi connectivity index (χ1n) is 11.0. The highest BCUT2D eigenvalue weighted by Crippen LogP contribution is 2.35. The Morgan fingerprint density at radius 2 is 1.34 bits per heavy atom. The summed E-state index contributed by atoms with van der Waals surface area (Å²) in [6.45, 7) is 6.19. The summed E-state index contributed by atoms with van der Waals surface area (Å²) in [6.07, 6.45) is 0.502. The van der Waals surface area contributed by atoms with E-state index >= 15 is 0 Å². The molecule has 2 unspecified atom stereocenters. The minimum Gasteiger partial charge on any atom is -0.311 e. The van der Waals surface area contributed by atoms with Crippen LogP contribution in [0.25, 0.3) is 0 Å². The zero-order valence-electron chi connectivity index (χ0n) is 19.7. The normalized spacial score (nSPS) is 13.8. The fraction of sp³-hybridized carbons (Fsp3) is 0.333. The average molecular weight is 451 g/mol. The van der Waals surface area contributed by atoms with Crippen LogP contribution >= 0.6 is 0 Å². The fourth-order valence-corrected chi connectivity index (χ4v) is 5.92. The molecule has 0 heterocycles. The molecule has 170 valence electrons. The van der Waals surface area contributed by atoms with Gasteiger partial charge in [-0.1, -0.05) is 78.4 Å². The lowest BCUT2D eigenvalue weighted by Gasteiger charge is -2.34. The maximum absolute atomic E-state index is 13.6. The number of nitrogens with zero attached hydrogens (tertiary/aromatic N) is 1. The SMILES string of the molecule is CNC(c1ccccc1)C(c1ccccc1)N(C)S(=O)(=O)CCc1c(C)cc(C)cc1C. The largest absolute Gasteiger partial charge is 0.311 e. The molecule has 0 saturated carbocycles. The van der Waals surface area contributed by atoms with E-state index < -0.39 is 10.0 Å². The molecule has 0 radical (unpaired) electrons. The van der Waals surface area contributed by atoms with Crippen LogP contribution in [0.1, 0.15) is 45.5 Å². The third kappa shape index (κ3) is 5.47. The van der Waals surface area contributed by atoms with Gasteiger partial charge in [-0.3, -0.25) is 0 Å². The Balaban J connectivity index is 1.94. The van der Waals surface area contributed by atoms with Gasteiger partial charge in [0.2, 0.25) is 10.0 Å². The molecule has 0 saturated heterocycles. The molecule has 0 fully saturated rings. The first kappa shape index (κ1) is 24.2. The van der Waals surface area contributed by atoms with Crippen molar-refractivity contribution >= 4 is 10.0 Å². The van der Waals surface area contributed by atoms with E-state index in [2.05, 4.69) is 38.2 Å². The highest BCUT2D eigenvalue weighted by Gasteiger charge is 2.34. The van der Waals surface area contributed by atoms with E-state index in [0.29, 0.717) is 6.42 Å². The van der Waals surface area contributed by atoms with Crippen molar-refractivity contribution in [1.29, 1.82) is 0 Å². The molecule has 32 heavy (non-hydrogen) atoms. The number of sulfonamides is 1. The van der Waals surface area contributed by atoms with Crippen LogP contribution in [0.15, 0.2) is 72.8 Å². The molecular formula is C27H34N2O2S. The number of hydrogen-bond acceptors (Lipinski definition) is 3. The summed E-state index contributed by atoms with van der Waals surface area (Å²) >= 11 is 0. The van der Waals surface area contributed by atoms with Crippen LogP contribution in [-0.2, 0) is 16.4 Å². The van der Waals surface area contributed by atoms with E-state index in [9.17, 15) is 8.42 Å². The highest BCUT2D eigenvalue weighted by atomic mass is 32.2. The van der Waals surface area contributed by atoms with Crippen molar-refractivity contribution in [3.8, 4) is 0 Å². The van der Waals surface area contributed by atoms with Crippen molar-refractivity contribution < 1.29 is 8.42 Å². The molecule has 4 nitrogen and oxygen atoms in total. The van der Waals surface area contributed by atoms with Crippen molar-refractivity contribution in [2.24, 2.45) is 0 Å². The van der Waals surface area contributed by atoms with Gasteiger partial charge in [-0.25, -0.2) is 8.42 Å². The van der Waals surface area contributed by atoms with Gasteiger partial charge in [-0.05, 0) is 62.1 Å². The third-order valence-corrected chi connectivity index (χ3v) is 8.03. The van der Waals surface area contributed by atoms with Crippen LogP contribution in [0.4, 0.5) is 0 Å². The molecule has 0 aliphatic heterocycles. The van der Waals surface area contributed by atoms with Gasteiger partial charge in [0.1, 0.15) is 0 Å². The van der Waals surface area contributed by atoms with Gasteiger partial charge in [-0.15, -0.1) is 0 Å². The predicted molar refractivity (Wildman–Crippen MR) is 133 cm³/mol. The zero-order valence-corrected chi connectivity index (χ0v) is 20.5. The quantitative estimate of drug-likeness (QED) is 0.492. The first-order chi connectivity index (χ1) is 15.2. The van der Waals surface area contributed by atoms with Gasteiger partial charge in [0.25, 0.3) is 0 Å². The van der Waals surface area contributed by atoms with E-state index in [0.717, 1.165) is 27.8 Å². The summed E-state index contributed by atoms with van der Waals surface area (Å²) in [6, 6.07) is 23.6. The van der Waals surface area contributed by atoms with Crippen molar-refractivity contribution in [3.05, 3.63) is 106 Å². The maximum atomic E-state index is 13.6. The smallest absolute Gasteiger partial charge is 0.214 e. The summed E-state index contributed by atoms with van der Waals surface area (Å²) in [5.74, 6) is 0.0722. The van der Waals surface area contributed by atoms with Gasteiger partial charge >= 0.3 is 0 Å². The Labute approximate surface area is 193 Å². The lowest BCUT2D eigenvalue weighted by atomic mass is 9.93. The second-order valence-corrected chi connectivity index (χ2v) is 10.6. The topological polar surface area (TPSA) is 49.4 Å². The zero-order chi connectivity index (χ0) is 23.3. The van der Waals surface area contributed by atoms with Crippen LogP contribution in [0.2, 0.25) is 0 Å². The molecule has 0 aliphatic carbocycles. The van der Waals surface area contributed by atoms with Crippen LogP contribution < -0.4 is 5.32 Å². The average Bonchev–Trinajstić information content (AvgIpc) is 2.77. The number of hydrogen-bond donors (Lipinski definition) is 1. The summed E-state index contributed by atoms with van der Waals surface area (Å²) in [4.78, 5) is 0. The molecule has 5 heteroatoms. The molecule has 0 bridgehead atoms. The molecule has 0 aliphatic rings. The van der Waals surface area contributed by atoms with E-state index in [1.54, 1.807) is 11.4 Å². The minimum atomic E-state index is -3.52. The summed E-state index contributed by atoms with van der Waals surface area (Å²) in [5, 5.41) is 3.36. The Bertz CT molecular complexity index is 1110. The van der Waals surface area contributed by atoms with Crippen molar-refractivity contribution in [2.45, 2.75) is 39.3 Å². The van der Waals surface area contributed by atoms with E-state index in [1.807, 2.05) is 67.7 Å². The van der Waals surface area contributed by atoms with Gasteiger partial charge in [0.05, 0.1) is 17.8 Å². The van der Waals surface area contributed by atoms with Crippen LogP contribution in [0.5, 0.6) is 0 Å². The lowest BCUT2D eigenvalue weighted by molar-refractivity contribution is 0.302. The molecule has 3 aromatic rings. The van der Waals surface area contributed by atoms with E-state index in [4.69, 9.17) is 0 Å². The van der Waals surface area contributed by atoms with Gasteiger partial charge in [-0.2, -0.15) is 4.31 Å². The van der Waals surface area contributed by atoms with Crippen LogP contribution in [0.3, 0.4) is 0 Å². The number of rotatable bonds is 9. The Morgan fingerprint density at radius 1 is 0.844 bits per heavy atom. The predicted octanol–water partition coefficient (Wildman–Crippen LogP) is 5.12. The molecule has 1 N–H and O–H groups in total. The number of nitrogens with one attached hydrogen (secondary N) is 1. The van der Waals surface area contributed by atoms with Gasteiger partial charge in [0.15, 0.2) is 0 Å². The molecular weight excluding hydrogens is 416 g/mol. The first-order valence-corrected chi connectivity index (χ1v) is 12.6. The van der Waals surface area contributed by atoms with E-state index in [1.165, 1.54) is 5.56 Å². The van der Waals surface area contributed by atoms with Crippen molar-refractivity contribution in [2.75, 3.05) is 19.8 Å². The molecule has 0 aromatic heterocycles. The summed E-state index contributed by atoms with van der Waals surface area (Å²) < 4.78 is 28.7.